The summed E-state index contributed by atoms with van der Waals surface area (Å²) in [5.74, 6) is -0.501. The summed E-state index contributed by atoms with van der Waals surface area (Å²) in [6, 6.07) is 20.3. The van der Waals surface area contributed by atoms with Gasteiger partial charge in [-0.05, 0) is 60.0 Å². The van der Waals surface area contributed by atoms with Crippen LogP contribution in [0.25, 0.3) is 21.7 Å². The topological polar surface area (TPSA) is 91.4 Å². The van der Waals surface area contributed by atoms with Gasteiger partial charge in [-0.2, -0.15) is 4.31 Å². The van der Waals surface area contributed by atoms with Gasteiger partial charge in [0, 0.05) is 48.5 Å². The molecule has 2 N–H and O–H groups in total. The van der Waals surface area contributed by atoms with Crippen molar-refractivity contribution < 1.29 is 13.2 Å². The van der Waals surface area contributed by atoms with E-state index in [-0.39, 0.29) is 23.3 Å². The van der Waals surface area contributed by atoms with Gasteiger partial charge in [-0.1, -0.05) is 41.9 Å². The molecule has 1 amide bonds. The van der Waals surface area contributed by atoms with E-state index in [1.165, 1.54) is 4.31 Å². The van der Waals surface area contributed by atoms with Gasteiger partial charge in [-0.3, -0.25) is 9.78 Å². The molecular weight excluding hydrogens is 496 g/mol. The third kappa shape index (κ3) is 5.16. The molecule has 0 saturated carbocycles. The van der Waals surface area contributed by atoms with Crippen molar-refractivity contribution in [2.24, 2.45) is 5.92 Å². The Kier molecular flexibility index (Phi) is 7.09. The van der Waals surface area contributed by atoms with Crippen LogP contribution in [0.4, 0.5) is 5.69 Å². The van der Waals surface area contributed by atoms with Crippen molar-refractivity contribution in [3.63, 3.8) is 0 Å². The number of benzene rings is 3. The van der Waals surface area contributed by atoms with E-state index >= 15 is 0 Å². The molecule has 0 aliphatic carbocycles. The zero-order valence-electron chi connectivity index (χ0n) is 19.7. The maximum Gasteiger partial charge on any atom is 0.243 e. The molecule has 0 radical (unpaired) electrons. The Labute approximate surface area is 215 Å². The van der Waals surface area contributed by atoms with Crippen LogP contribution in [0.1, 0.15) is 12.8 Å². The number of anilines is 1. The fraction of sp³-hybridized carbons (Fsp3) is 0.259. The predicted octanol–water partition coefficient (Wildman–Crippen LogP) is 4.67. The SMILES string of the molecule is O=C(NCCNc1ccnc2cc(Cl)ccc12)C1CCCN(S(=O)(=O)c2ccc3ccccc3c2)C1. The zero-order valence-corrected chi connectivity index (χ0v) is 21.2. The molecule has 1 saturated heterocycles. The molecule has 9 heteroatoms. The number of nitrogens with one attached hydrogen (secondary N) is 2. The molecule has 1 fully saturated rings. The number of hydrogen-bond acceptors (Lipinski definition) is 5. The third-order valence-corrected chi connectivity index (χ3v) is 8.65. The summed E-state index contributed by atoms with van der Waals surface area (Å²) in [6.07, 6.45) is 3.03. The first-order valence-electron chi connectivity index (χ1n) is 12.0. The summed E-state index contributed by atoms with van der Waals surface area (Å²) in [6.45, 7) is 1.55. The lowest BCUT2D eigenvalue weighted by molar-refractivity contribution is -0.125. The summed E-state index contributed by atoms with van der Waals surface area (Å²) >= 11 is 6.05. The Bertz CT molecular complexity index is 1530. The molecule has 0 bridgehead atoms. The fourth-order valence-corrected chi connectivity index (χ4v) is 6.38. The van der Waals surface area contributed by atoms with Crippen molar-refractivity contribution >= 4 is 54.9 Å². The second-order valence-electron chi connectivity index (χ2n) is 8.95. The third-order valence-electron chi connectivity index (χ3n) is 6.56. The lowest BCUT2D eigenvalue weighted by atomic mass is 9.99. The van der Waals surface area contributed by atoms with Crippen molar-refractivity contribution in [3.8, 4) is 0 Å². The molecule has 186 valence electrons. The Morgan fingerprint density at radius 1 is 1.03 bits per heavy atom. The van der Waals surface area contributed by atoms with Gasteiger partial charge >= 0.3 is 0 Å². The average Bonchev–Trinajstić information content (AvgIpc) is 2.90. The van der Waals surface area contributed by atoms with E-state index < -0.39 is 10.0 Å². The maximum absolute atomic E-state index is 13.3. The minimum atomic E-state index is -3.68. The Balaban J connectivity index is 1.18. The highest BCUT2D eigenvalue weighted by atomic mass is 35.5. The molecule has 4 aromatic rings. The van der Waals surface area contributed by atoms with Crippen molar-refractivity contribution in [3.05, 3.63) is 77.9 Å². The number of nitrogens with zero attached hydrogens (tertiary/aromatic N) is 2. The first kappa shape index (κ1) is 24.5. The Morgan fingerprint density at radius 3 is 2.72 bits per heavy atom. The summed E-state index contributed by atoms with van der Waals surface area (Å²) in [5.41, 5.74) is 1.71. The van der Waals surface area contributed by atoms with E-state index in [1.807, 2.05) is 54.6 Å². The molecule has 2 heterocycles. The first-order chi connectivity index (χ1) is 17.4. The molecule has 0 spiro atoms. The van der Waals surface area contributed by atoms with Crippen molar-refractivity contribution in [1.29, 1.82) is 0 Å². The monoisotopic (exact) mass is 522 g/mol. The predicted molar refractivity (Wildman–Crippen MR) is 144 cm³/mol. The van der Waals surface area contributed by atoms with E-state index in [0.717, 1.165) is 27.4 Å². The Hall–Kier alpha value is -3.20. The van der Waals surface area contributed by atoms with E-state index in [9.17, 15) is 13.2 Å². The van der Waals surface area contributed by atoms with Gasteiger partial charge in [0.25, 0.3) is 0 Å². The van der Waals surface area contributed by atoms with Gasteiger partial charge in [0.2, 0.25) is 15.9 Å². The molecule has 1 aliphatic rings. The van der Waals surface area contributed by atoms with Crippen LogP contribution in [-0.4, -0.2) is 49.8 Å². The minimum absolute atomic E-state index is 0.124. The molecule has 3 aromatic carbocycles. The highest BCUT2D eigenvalue weighted by Gasteiger charge is 2.33. The molecule has 1 aliphatic heterocycles. The zero-order chi connectivity index (χ0) is 25.1. The van der Waals surface area contributed by atoms with Crippen LogP contribution in [0.3, 0.4) is 0 Å². The van der Waals surface area contributed by atoms with Gasteiger partial charge in [-0.25, -0.2) is 8.42 Å². The highest BCUT2D eigenvalue weighted by Crippen LogP contribution is 2.27. The number of carbonyl (C=O) groups excluding carboxylic acids is 1. The smallest absolute Gasteiger partial charge is 0.243 e. The second-order valence-corrected chi connectivity index (χ2v) is 11.3. The largest absolute Gasteiger partial charge is 0.383 e. The standard InChI is InChI=1S/C27H27ClN4O3S/c28-22-8-10-24-25(11-12-29-26(24)17-22)30-13-14-31-27(33)21-6-3-15-32(18-21)36(34,35)23-9-7-19-4-1-2-5-20(19)16-23/h1-2,4-5,7-12,16-17,21H,3,6,13-15,18H2,(H,29,30)(H,31,33). The number of fused-ring (bicyclic) bond motifs is 2. The van der Waals surface area contributed by atoms with Crippen LogP contribution in [0, 0.1) is 5.92 Å². The number of halogens is 1. The molecular formula is C27H27ClN4O3S. The number of sulfonamides is 1. The number of carbonyl (C=O) groups is 1. The normalized spacial score (nSPS) is 16.8. The molecule has 36 heavy (non-hydrogen) atoms. The molecule has 5 rings (SSSR count). The average molecular weight is 523 g/mol. The maximum atomic E-state index is 13.3. The second kappa shape index (κ2) is 10.4. The van der Waals surface area contributed by atoms with Crippen LogP contribution in [0.2, 0.25) is 5.02 Å². The van der Waals surface area contributed by atoms with Gasteiger partial charge < -0.3 is 10.6 Å². The van der Waals surface area contributed by atoms with Crippen LogP contribution in [0.5, 0.6) is 0 Å². The van der Waals surface area contributed by atoms with Crippen molar-refractivity contribution in [2.75, 3.05) is 31.5 Å². The molecule has 1 aromatic heterocycles. The van der Waals surface area contributed by atoms with E-state index in [0.29, 0.717) is 37.5 Å². The van der Waals surface area contributed by atoms with Gasteiger partial charge in [0.15, 0.2) is 0 Å². The van der Waals surface area contributed by atoms with Crippen LogP contribution >= 0.6 is 11.6 Å². The van der Waals surface area contributed by atoms with E-state index in [4.69, 9.17) is 11.6 Å². The van der Waals surface area contributed by atoms with Crippen LogP contribution in [-0.2, 0) is 14.8 Å². The van der Waals surface area contributed by atoms with Crippen molar-refractivity contribution in [2.45, 2.75) is 17.7 Å². The van der Waals surface area contributed by atoms with Crippen LogP contribution < -0.4 is 10.6 Å². The lowest BCUT2D eigenvalue weighted by Crippen LogP contribution is -2.46. The quantitative estimate of drug-likeness (QED) is 0.344. The lowest BCUT2D eigenvalue weighted by Gasteiger charge is -2.31. The minimum Gasteiger partial charge on any atom is -0.383 e. The van der Waals surface area contributed by atoms with Gasteiger partial charge in [0.05, 0.1) is 16.3 Å². The highest BCUT2D eigenvalue weighted by molar-refractivity contribution is 7.89. The molecule has 7 nitrogen and oxygen atoms in total. The van der Waals surface area contributed by atoms with Gasteiger partial charge in [0.1, 0.15) is 0 Å². The van der Waals surface area contributed by atoms with Crippen molar-refractivity contribution in [1.82, 2.24) is 14.6 Å². The number of piperidine rings is 1. The molecule has 1 unspecified atom stereocenters. The first-order valence-corrected chi connectivity index (χ1v) is 13.8. The number of rotatable bonds is 7. The van der Waals surface area contributed by atoms with Gasteiger partial charge in [-0.15, -0.1) is 0 Å². The fourth-order valence-electron chi connectivity index (χ4n) is 4.65. The summed E-state index contributed by atoms with van der Waals surface area (Å²) < 4.78 is 28.1. The summed E-state index contributed by atoms with van der Waals surface area (Å²) in [5, 5.41) is 9.74. The van der Waals surface area contributed by atoms with E-state index in [2.05, 4.69) is 15.6 Å². The van der Waals surface area contributed by atoms with Crippen LogP contribution in [0.15, 0.2) is 77.8 Å². The summed E-state index contributed by atoms with van der Waals surface area (Å²) in [4.78, 5) is 17.5. The number of amides is 1. The summed E-state index contributed by atoms with van der Waals surface area (Å²) in [7, 11) is -3.68. The van der Waals surface area contributed by atoms with E-state index in [1.54, 1.807) is 18.3 Å². The molecule has 1 atom stereocenters. The number of hydrogen-bond donors (Lipinski definition) is 2. The number of pyridine rings is 1. The Morgan fingerprint density at radius 2 is 1.86 bits per heavy atom. The number of aromatic nitrogens is 1.